The maximum absolute atomic E-state index is 12.9. The molecule has 2 rings (SSSR count). The summed E-state index contributed by atoms with van der Waals surface area (Å²) in [6, 6.07) is 12.1. The van der Waals surface area contributed by atoms with E-state index in [0.29, 0.717) is 5.70 Å². The molecule has 0 spiro atoms. The second kappa shape index (κ2) is 6.41. The Balaban J connectivity index is 2.38. The van der Waals surface area contributed by atoms with Crippen molar-refractivity contribution in [1.29, 1.82) is 5.26 Å². The van der Waals surface area contributed by atoms with Crippen molar-refractivity contribution in [2.75, 3.05) is 5.32 Å². The van der Waals surface area contributed by atoms with Gasteiger partial charge in [0.1, 0.15) is 0 Å². The van der Waals surface area contributed by atoms with Crippen LogP contribution in [0.25, 0.3) is 11.8 Å². The largest absolute Gasteiger partial charge is 0.416 e. The van der Waals surface area contributed by atoms with Crippen molar-refractivity contribution < 1.29 is 13.2 Å². The van der Waals surface area contributed by atoms with Gasteiger partial charge in [-0.25, -0.2) is 0 Å². The number of nitrogens with zero attached hydrogens (tertiary/aromatic N) is 1. The zero-order chi connectivity index (χ0) is 17.0. The first kappa shape index (κ1) is 16.4. The fourth-order valence-corrected chi connectivity index (χ4v) is 2.12. The molecule has 0 atom stereocenters. The summed E-state index contributed by atoms with van der Waals surface area (Å²) in [4.78, 5) is 0. The highest BCUT2D eigenvalue weighted by Gasteiger charge is 2.31. The first-order valence-corrected chi connectivity index (χ1v) is 6.65. The number of anilines is 1. The van der Waals surface area contributed by atoms with Crippen LogP contribution in [-0.4, -0.2) is 0 Å². The van der Waals surface area contributed by atoms with Crippen LogP contribution in [0.2, 0.25) is 0 Å². The first-order valence-electron chi connectivity index (χ1n) is 6.65. The quantitative estimate of drug-likeness (QED) is 0.831. The van der Waals surface area contributed by atoms with Crippen molar-refractivity contribution in [3.63, 3.8) is 0 Å². The Labute approximate surface area is 132 Å². The van der Waals surface area contributed by atoms with Crippen molar-refractivity contribution in [3.05, 3.63) is 77.9 Å². The molecule has 0 aliphatic carbocycles. The molecule has 0 radical (unpaired) electrons. The lowest BCUT2D eigenvalue weighted by Crippen LogP contribution is -2.07. The van der Waals surface area contributed by atoms with Crippen LogP contribution in [0.1, 0.15) is 22.3 Å². The first-order chi connectivity index (χ1) is 10.8. The van der Waals surface area contributed by atoms with Crippen molar-refractivity contribution in [2.45, 2.75) is 6.18 Å². The van der Waals surface area contributed by atoms with E-state index in [0.717, 1.165) is 23.3 Å². The Morgan fingerprint density at radius 2 is 1.87 bits per heavy atom. The molecule has 0 saturated carbocycles. The standard InChI is InChI=1S/C18H13F3N2/c1-3-14-6-4-5-7-17(14)12(2)23-16-9-13(11-22)8-15(10-16)18(19,20)21/h3-10,23H,1-2H2. The third-order valence-electron chi connectivity index (χ3n) is 3.19. The fourth-order valence-electron chi connectivity index (χ4n) is 2.12. The van der Waals surface area contributed by atoms with Gasteiger partial charge in [0.2, 0.25) is 0 Å². The molecule has 1 N–H and O–H groups in total. The predicted octanol–water partition coefficient (Wildman–Crippen LogP) is 5.30. The van der Waals surface area contributed by atoms with Gasteiger partial charge >= 0.3 is 6.18 Å². The number of hydrogen-bond acceptors (Lipinski definition) is 2. The zero-order valence-corrected chi connectivity index (χ0v) is 12.1. The average molecular weight is 314 g/mol. The predicted molar refractivity (Wildman–Crippen MR) is 85.3 cm³/mol. The molecule has 2 aromatic carbocycles. The highest BCUT2D eigenvalue weighted by Crippen LogP contribution is 2.32. The normalized spacial score (nSPS) is 10.7. The highest BCUT2D eigenvalue weighted by molar-refractivity contribution is 5.80. The molecule has 2 aromatic rings. The lowest BCUT2D eigenvalue weighted by molar-refractivity contribution is -0.137. The minimum absolute atomic E-state index is 0.0767. The maximum atomic E-state index is 12.9. The number of nitrogens with one attached hydrogen (secondary N) is 1. The lowest BCUT2D eigenvalue weighted by atomic mass is 10.0. The summed E-state index contributed by atoms with van der Waals surface area (Å²) in [5, 5.41) is 11.7. The van der Waals surface area contributed by atoms with Crippen LogP contribution >= 0.6 is 0 Å². The summed E-state index contributed by atoms with van der Waals surface area (Å²) >= 11 is 0. The van der Waals surface area contributed by atoms with Crippen LogP contribution in [-0.2, 0) is 6.18 Å². The minimum atomic E-state index is -4.52. The summed E-state index contributed by atoms with van der Waals surface area (Å²) in [6.07, 6.45) is -2.89. The topological polar surface area (TPSA) is 35.8 Å². The van der Waals surface area contributed by atoms with E-state index in [1.807, 2.05) is 12.1 Å². The van der Waals surface area contributed by atoms with Gasteiger partial charge in [-0.2, -0.15) is 18.4 Å². The molecule has 0 aliphatic heterocycles. The van der Waals surface area contributed by atoms with Crippen LogP contribution in [0, 0.1) is 11.3 Å². The Hall–Kier alpha value is -3.00. The van der Waals surface area contributed by atoms with Gasteiger partial charge in [0.05, 0.1) is 17.2 Å². The molecule has 0 fully saturated rings. The Bertz CT molecular complexity index is 799. The van der Waals surface area contributed by atoms with Gasteiger partial charge in [-0.15, -0.1) is 0 Å². The monoisotopic (exact) mass is 314 g/mol. The summed E-state index contributed by atoms with van der Waals surface area (Å²) in [5.41, 5.74) is 1.14. The van der Waals surface area contributed by atoms with Gasteiger partial charge in [0.25, 0.3) is 0 Å². The molecule has 0 heterocycles. The Kier molecular flexibility index (Phi) is 4.56. The molecular weight excluding hydrogens is 301 g/mol. The number of alkyl halides is 3. The molecule has 0 bridgehead atoms. The van der Waals surface area contributed by atoms with E-state index in [4.69, 9.17) is 5.26 Å². The molecule has 23 heavy (non-hydrogen) atoms. The fraction of sp³-hybridized carbons (Fsp3) is 0.0556. The van der Waals surface area contributed by atoms with Crippen molar-refractivity contribution in [1.82, 2.24) is 0 Å². The smallest absolute Gasteiger partial charge is 0.355 e. The highest BCUT2D eigenvalue weighted by atomic mass is 19.4. The van der Waals surface area contributed by atoms with Crippen LogP contribution in [0.4, 0.5) is 18.9 Å². The SMILES string of the molecule is C=Cc1ccccc1C(=C)Nc1cc(C#N)cc(C(F)(F)F)c1. The molecule has 2 nitrogen and oxygen atoms in total. The van der Waals surface area contributed by atoms with Crippen LogP contribution in [0.15, 0.2) is 55.6 Å². The third kappa shape index (κ3) is 3.80. The van der Waals surface area contributed by atoms with E-state index >= 15 is 0 Å². The second-order valence-electron chi connectivity index (χ2n) is 4.80. The van der Waals surface area contributed by atoms with Crippen molar-refractivity contribution in [2.24, 2.45) is 0 Å². The summed E-state index contributed by atoms with van der Waals surface area (Å²) in [6.45, 7) is 7.55. The summed E-state index contributed by atoms with van der Waals surface area (Å²) in [5.74, 6) is 0. The average Bonchev–Trinajstić information content (AvgIpc) is 2.53. The molecule has 0 saturated heterocycles. The Morgan fingerprint density at radius 1 is 1.17 bits per heavy atom. The van der Waals surface area contributed by atoms with Gasteiger partial charge in [0, 0.05) is 16.9 Å². The molecule has 0 aliphatic rings. The van der Waals surface area contributed by atoms with E-state index in [1.165, 1.54) is 6.07 Å². The maximum Gasteiger partial charge on any atom is 0.416 e. The van der Waals surface area contributed by atoms with E-state index < -0.39 is 11.7 Å². The van der Waals surface area contributed by atoms with E-state index in [1.54, 1.807) is 24.3 Å². The summed E-state index contributed by atoms with van der Waals surface area (Å²) in [7, 11) is 0. The Morgan fingerprint density at radius 3 is 2.48 bits per heavy atom. The molecular formula is C18H13F3N2. The molecule has 5 heteroatoms. The molecule has 0 unspecified atom stereocenters. The number of hydrogen-bond donors (Lipinski definition) is 1. The van der Waals surface area contributed by atoms with E-state index in [9.17, 15) is 13.2 Å². The van der Waals surface area contributed by atoms with Crippen LogP contribution in [0.3, 0.4) is 0 Å². The zero-order valence-electron chi connectivity index (χ0n) is 12.1. The van der Waals surface area contributed by atoms with Gasteiger partial charge < -0.3 is 5.32 Å². The number of nitriles is 1. The van der Waals surface area contributed by atoms with Crippen LogP contribution < -0.4 is 5.32 Å². The second-order valence-corrected chi connectivity index (χ2v) is 4.80. The van der Waals surface area contributed by atoms with E-state index in [-0.39, 0.29) is 11.3 Å². The van der Waals surface area contributed by atoms with Gasteiger partial charge in [-0.3, -0.25) is 0 Å². The van der Waals surface area contributed by atoms with Crippen molar-refractivity contribution >= 4 is 17.5 Å². The summed E-state index contributed by atoms with van der Waals surface area (Å²) < 4.78 is 38.7. The molecule has 0 amide bonds. The minimum Gasteiger partial charge on any atom is -0.355 e. The van der Waals surface area contributed by atoms with E-state index in [2.05, 4.69) is 18.5 Å². The number of halogens is 3. The van der Waals surface area contributed by atoms with Crippen LogP contribution in [0.5, 0.6) is 0 Å². The van der Waals surface area contributed by atoms with Crippen molar-refractivity contribution in [3.8, 4) is 6.07 Å². The number of benzene rings is 2. The lowest BCUT2D eigenvalue weighted by Gasteiger charge is -2.15. The molecule has 116 valence electrons. The van der Waals surface area contributed by atoms with Gasteiger partial charge in [-0.1, -0.05) is 43.5 Å². The van der Waals surface area contributed by atoms with Gasteiger partial charge in [-0.05, 0) is 23.8 Å². The third-order valence-corrected chi connectivity index (χ3v) is 3.19. The van der Waals surface area contributed by atoms with Gasteiger partial charge in [0.15, 0.2) is 0 Å². The molecule has 0 aromatic heterocycles. The number of rotatable bonds is 4.